The van der Waals surface area contributed by atoms with Gasteiger partial charge in [0.1, 0.15) is 5.82 Å². The Labute approximate surface area is 123 Å². The van der Waals surface area contributed by atoms with Crippen molar-refractivity contribution in [3.63, 3.8) is 0 Å². The number of hydrogen-bond acceptors (Lipinski definition) is 1. The summed E-state index contributed by atoms with van der Waals surface area (Å²) in [5, 5.41) is 0. The highest BCUT2D eigenvalue weighted by Crippen LogP contribution is 2.32. The molecule has 1 aromatic carbocycles. The minimum atomic E-state index is -4.42. The fraction of sp³-hybridized carbons (Fsp3) is 0.182. The van der Waals surface area contributed by atoms with Gasteiger partial charge >= 0.3 is 6.18 Å². The van der Waals surface area contributed by atoms with E-state index >= 15 is 0 Å². The highest BCUT2D eigenvalue weighted by atomic mass is 127. The van der Waals surface area contributed by atoms with Crippen molar-refractivity contribution >= 4 is 38.5 Å². The van der Waals surface area contributed by atoms with Crippen LogP contribution in [0.3, 0.4) is 0 Å². The molecular formula is C11H7BrF3IN2. The lowest BCUT2D eigenvalue weighted by Gasteiger charge is -2.04. The summed E-state index contributed by atoms with van der Waals surface area (Å²) in [6.07, 6.45) is -3.43. The summed E-state index contributed by atoms with van der Waals surface area (Å²) < 4.78 is 40.8. The van der Waals surface area contributed by atoms with E-state index in [0.717, 1.165) is 14.2 Å². The fourth-order valence-electron chi connectivity index (χ4n) is 1.52. The van der Waals surface area contributed by atoms with E-state index in [4.69, 9.17) is 0 Å². The summed E-state index contributed by atoms with van der Waals surface area (Å²) in [5.74, 6) is 0.305. The molecule has 2 aromatic rings. The molecule has 0 aliphatic rings. The Hall–Kier alpha value is -0.570. The Bertz CT molecular complexity index is 592. The molecule has 0 unspecified atom stereocenters. The van der Waals surface area contributed by atoms with Gasteiger partial charge in [-0.1, -0.05) is 15.9 Å². The molecular weight excluding hydrogens is 424 g/mol. The molecule has 1 aromatic heterocycles. The third-order valence-electron chi connectivity index (χ3n) is 2.34. The molecule has 0 saturated heterocycles. The molecule has 0 aliphatic carbocycles. The van der Waals surface area contributed by atoms with Crippen molar-refractivity contribution in [3.05, 3.63) is 38.1 Å². The van der Waals surface area contributed by atoms with E-state index in [1.54, 1.807) is 19.2 Å². The van der Waals surface area contributed by atoms with Gasteiger partial charge in [-0.05, 0) is 40.8 Å². The van der Waals surface area contributed by atoms with Crippen LogP contribution < -0.4 is 0 Å². The minimum Gasteiger partial charge on any atom is -0.333 e. The average Bonchev–Trinajstić information content (AvgIpc) is 2.60. The van der Waals surface area contributed by atoms with E-state index in [1.807, 2.05) is 6.07 Å². The molecule has 0 fully saturated rings. The van der Waals surface area contributed by atoms with Crippen LogP contribution in [0.15, 0.2) is 28.9 Å². The predicted molar refractivity (Wildman–Crippen MR) is 74.1 cm³/mol. The maximum atomic E-state index is 12.6. The van der Waals surface area contributed by atoms with Gasteiger partial charge < -0.3 is 4.57 Å². The molecule has 0 saturated carbocycles. The molecule has 0 bridgehead atoms. The van der Waals surface area contributed by atoms with Crippen molar-refractivity contribution in [1.82, 2.24) is 9.55 Å². The monoisotopic (exact) mass is 430 g/mol. The summed E-state index contributed by atoms with van der Waals surface area (Å²) in [7, 11) is 1.55. The first-order valence-electron chi connectivity index (χ1n) is 4.85. The SMILES string of the molecule is Cn1cc(C(F)(F)F)nc1-c1ccc(Br)cc1I. The molecule has 0 N–H and O–H groups in total. The van der Waals surface area contributed by atoms with Crippen LogP contribution in [0.5, 0.6) is 0 Å². The van der Waals surface area contributed by atoms with Gasteiger partial charge in [-0.25, -0.2) is 4.98 Å². The van der Waals surface area contributed by atoms with Gasteiger partial charge in [0.25, 0.3) is 0 Å². The quantitative estimate of drug-likeness (QED) is 0.610. The highest BCUT2D eigenvalue weighted by molar-refractivity contribution is 14.1. The van der Waals surface area contributed by atoms with Gasteiger partial charge in [0.05, 0.1) is 0 Å². The summed E-state index contributed by atoms with van der Waals surface area (Å²) in [6.45, 7) is 0. The van der Waals surface area contributed by atoms with Crippen LogP contribution in [0.1, 0.15) is 5.69 Å². The number of benzene rings is 1. The zero-order valence-electron chi connectivity index (χ0n) is 9.09. The summed E-state index contributed by atoms with van der Waals surface area (Å²) in [4.78, 5) is 3.66. The van der Waals surface area contributed by atoms with Crippen molar-refractivity contribution in [2.45, 2.75) is 6.18 Å². The van der Waals surface area contributed by atoms with Crippen LogP contribution in [0.2, 0.25) is 0 Å². The standard InChI is InChI=1S/C11H7BrF3IN2/c1-18-5-9(11(13,14)15)17-10(18)7-3-2-6(12)4-8(7)16/h2-5H,1H3. The Morgan fingerprint density at radius 2 is 2.00 bits per heavy atom. The Kier molecular flexibility index (Phi) is 3.72. The normalized spacial score (nSPS) is 11.9. The third kappa shape index (κ3) is 2.71. The minimum absolute atomic E-state index is 0.305. The van der Waals surface area contributed by atoms with E-state index in [1.165, 1.54) is 4.57 Å². The van der Waals surface area contributed by atoms with Crippen molar-refractivity contribution in [2.24, 2.45) is 7.05 Å². The number of rotatable bonds is 1. The van der Waals surface area contributed by atoms with Gasteiger partial charge in [-0.3, -0.25) is 0 Å². The molecule has 0 atom stereocenters. The highest BCUT2D eigenvalue weighted by Gasteiger charge is 2.34. The lowest BCUT2D eigenvalue weighted by molar-refractivity contribution is -0.140. The Morgan fingerprint density at radius 1 is 1.33 bits per heavy atom. The smallest absolute Gasteiger partial charge is 0.333 e. The molecule has 0 radical (unpaired) electrons. The molecule has 7 heteroatoms. The molecule has 96 valence electrons. The van der Waals surface area contributed by atoms with Gasteiger partial charge in [-0.2, -0.15) is 13.2 Å². The zero-order chi connectivity index (χ0) is 13.5. The molecule has 18 heavy (non-hydrogen) atoms. The predicted octanol–water partition coefficient (Wildman–Crippen LogP) is 4.47. The van der Waals surface area contributed by atoms with Crippen molar-refractivity contribution in [1.29, 1.82) is 0 Å². The molecule has 0 aliphatic heterocycles. The fourth-order valence-corrected chi connectivity index (χ4v) is 3.07. The first-order valence-corrected chi connectivity index (χ1v) is 6.72. The van der Waals surface area contributed by atoms with Crippen LogP contribution in [-0.2, 0) is 13.2 Å². The largest absolute Gasteiger partial charge is 0.434 e. The van der Waals surface area contributed by atoms with Gasteiger partial charge in [0.2, 0.25) is 0 Å². The summed E-state index contributed by atoms with van der Waals surface area (Å²) in [6, 6.07) is 5.35. The number of hydrogen-bond donors (Lipinski definition) is 0. The molecule has 2 nitrogen and oxygen atoms in total. The third-order valence-corrected chi connectivity index (χ3v) is 3.72. The van der Waals surface area contributed by atoms with E-state index in [-0.39, 0.29) is 0 Å². The van der Waals surface area contributed by atoms with Gasteiger partial charge in [0.15, 0.2) is 5.69 Å². The van der Waals surface area contributed by atoms with E-state index < -0.39 is 11.9 Å². The number of aromatic nitrogens is 2. The van der Waals surface area contributed by atoms with E-state index in [2.05, 4.69) is 43.5 Å². The van der Waals surface area contributed by atoms with E-state index in [9.17, 15) is 13.2 Å². The first-order chi connectivity index (χ1) is 8.29. The Morgan fingerprint density at radius 3 is 2.50 bits per heavy atom. The van der Waals surface area contributed by atoms with Crippen molar-refractivity contribution < 1.29 is 13.2 Å². The summed E-state index contributed by atoms with van der Waals surface area (Å²) >= 11 is 5.38. The number of aryl methyl sites for hydroxylation is 1. The topological polar surface area (TPSA) is 17.8 Å². The van der Waals surface area contributed by atoms with Crippen molar-refractivity contribution in [3.8, 4) is 11.4 Å². The van der Waals surface area contributed by atoms with Crippen LogP contribution in [0, 0.1) is 3.57 Å². The maximum Gasteiger partial charge on any atom is 0.434 e. The van der Waals surface area contributed by atoms with Gasteiger partial charge in [0, 0.05) is 26.9 Å². The number of nitrogens with zero attached hydrogens (tertiary/aromatic N) is 2. The molecule has 1 heterocycles. The summed E-state index contributed by atoms with van der Waals surface area (Å²) in [5.41, 5.74) is -0.199. The van der Waals surface area contributed by atoms with Crippen LogP contribution in [-0.4, -0.2) is 9.55 Å². The molecule has 2 rings (SSSR count). The van der Waals surface area contributed by atoms with E-state index in [0.29, 0.717) is 11.4 Å². The second-order valence-corrected chi connectivity index (χ2v) is 5.76. The number of halogens is 5. The Balaban J connectivity index is 2.55. The zero-order valence-corrected chi connectivity index (χ0v) is 12.8. The second-order valence-electron chi connectivity index (χ2n) is 3.68. The van der Waals surface area contributed by atoms with Crippen LogP contribution in [0.4, 0.5) is 13.2 Å². The van der Waals surface area contributed by atoms with Crippen molar-refractivity contribution in [2.75, 3.05) is 0 Å². The molecule has 0 spiro atoms. The van der Waals surface area contributed by atoms with Crippen LogP contribution in [0.25, 0.3) is 11.4 Å². The lowest BCUT2D eigenvalue weighted by atomic mass is 10.2. The van der Waals surface area contributed by atoms with Gasteiger partial charge in [-0.15, -0.1) is 0 Å². The first kappa shape index (κ1) is 13.9. The number of imidazole rings is 1. The molecule has 0 amide bonds. The average molecular weight is 431 g/mol. The van der Waals surface area contributed by atoms with Crippen LogP contribution >= 0.6 is 38.5 Å². The lowest BCUT2D eigenvalue weighted by Crippen LogP contribution is -2.04. The maximum absolute atomic E-state index is 12.6. The second kappa shape index (κ2) is 4.84. The number of alkyl halides is 3.